The zero-order chi connectivity index (χ0) is 15.3. The molecule has 0 radical (unpaired) electrons. The number of hydrogen-bond acceptors (Lipinski definition) is 4. The molecule has 4 nitrogen and oxygen atoms in total. The van der Waals surface area contributed by atoms with Crippen LogP contribution < -0.4 is 10.0 Å². The SMILES string of the molecule is CCNCc1scc(C)c1S(=O)(=O)NC(C)C(C)CC. The van der Waals surface area contributed by atoms with E-state index >= 15 is 0 Å². The molecule has 2 unspecified atom stereocenters. The summed E-state index contributed by atoms with van der Waals surface area (Å²) in [7, 11) is -3.44. The lowest BCUT2D eigenvalue weighted by molar-refractivity contribution is 0.433. The monoisotopic (exact) mass is 318 g/mol. The Labute approximate surface area is 127 Å². The highest BCUT2D eigenvalue weighted by Gasteiger charge is 2.25. The minimum absolute atomic E-state index is 0.0590. The second-order valence-electron chi connectivity index (χ2n) is 5.25. The molecule has 0 saturated heterocycles. The van der Waals surface area contributed by atoms with Gasteiger partial charge in [0.05, 0.1) is 0 Å². The molecule has 1 aromatic rings. The third kappa shape index (κ3) is 4.28. The molecule has 0 bridgehead atoms. The Morgan fingerprint density at radius 3 is 2.50 bits per heavy atom. The molecule has 0 aliphatic rings. The van der Waals surface area contributed by atoms with Crippen LogP contribution in [0.2, 0.25) is 0 Å². The minimum Gasteiger partial charge on any atom is -0.312 e. The molecule has 2 N–H and O–H groups in total. The summed E-state index contributed by atoms with van der Waals surface area (Å²) in [6.07, 6.45) is 0.955. The predicted molar refractivity (Wildman–Crippen MR) is 85.7 cm³/mol. The maximum Gasteiger partial charge on any atom is 0.242 e. The first-order chi connectivity index (χ1) is 9.33. The number of nitrogens with one attached hydrogen (secondary N) is 2. The van der Waals surface area contributed by atoms with E-state index in [1.807, 2.05) is 26.2 Å². The first-order valence-corrected chi connectivity index (χ1v) is 9.49. The lowest BCUT2D eigenvalue weighted by Gasteiger charge is -2.20. The third-order valence-electron chi connectivity index (χ3n) is 3.63. The number of sulfonamides is 1. The van der Waals surface area contributed by atoms with Gasteiger partial charge >= 0.3 is 0 Å². The fourth-order valence-electron chi connectivity index (χ4n) is 1.98. The van der Waals surface area contributed by atoms with Crippen molar-refractivity contribution in [1.29, 1.82) is 0 Å². The lowest BCUT2D eigenvalue weighted by atomic mass is 10.0. The van der Waals surface area contributed by atoms with Crippen molar-refractivity contribution < 1.29 is 8.42 Å². The van der Waals surface area contributed by atoms with Crippen molar-refractivity contribution in [2.45, 2.75) is 58.5 Å². The zero-order valence-corrected chi connectivity index (χ0v) is 14.6. The molecule has 6 heteroatoms. The third-order valence-corrected chi connectivity index (χ3v) is 6.65. The highest BCUT2D eigenvalue weighted by molar-refractivity contribution is 7.89. The van der Waals surface area contributed by atoms with E-state index in [1.54, 1.807) is 0 Å². The topological polar surface area (TPSA) is 58.2 Å². The molecular formula is C14H26N2O2S2. The predicted octanol–water partition coefficient (Wildman–Crippen LogP) is 2.88. The molecule has 116 valence electrons. The van der Waals surface area contributed by atoms with Gasteiger partial charge < -0.3 is 5.32 Å². The zero-order valence-electron chi connectivity index (χ0n) is 13.0. The number of aryl methyl sites for hydroxylation is 1. The summed E-state index contributed by atoms with van der Waals surface area (Å²) in [5, 5.41) is 5.11. The number of rotatable bonds is 8. The van der Waals surface area contributed by atoms with Crippen molar-refractivity contribution in [2.75, 3.05) is 6.54 Å². The largest absolute Gasteiger partial charge is 0.312 e. The molecular weight excluding hydrogens is 292 g/mol. The van der Waals surface area contributed by atoms with Gasteiger partial charge in [-0.25, -0.2) is 13.1 Å². The van der Waals surface area contributed by atoms with Crippen LogP contribution >= 0.6 is 11.3 Å². The van der Waals surface area contributed by atoms with E-state index in [-0.39, 0.29) is 6.04 Å². The van der Waals surface area contributed by atoms with Crippen molar-refractivity contribution in [2.24, 2.45) is 5.92 Å². The van der Waals surface area contributed by atoms with Crippen LogP contribution in [-0.2, 0) is 16.6 Å². The van der Waals surface area contributed by atoms with E-state index < -0.39 is 10.0 Å². The van der Waals surface area contributed by atoms with Crippen molar-refractivity contribution >= 4 is 21.4 Å². The van der Waals surface area contributed by atoms with Crippen LogP contribution in [-0.4, -0.2) is 21.0 Å². The van der Waals surface area contributed by atoms with E-state index in [9.17, 15) is 8.42 Å². The van der Waals surface area contributed by atoms with Crippen LogP contribution in [0.1, 0.15) is 44.6 Å². The Morgan fingerprint density at radius 1 is 1.30 bits per heavy atom. The number of thiophene rings is 1. The maximum atomic E-state index is 12.6. The minimum atomic E-state index is -3.44. The van der Waals surface area contributed by atoms with Gasteiger partial charge in [-0.15, -0.1) is 11.3 Å². The highest BCUT2D eigenvalue weighted by Crippen LogP contribution is 2.27. The number of hydrogen-bond donors (Lipinski definition) is 2. The van der Waals surface area contributed by atoms with Crippen LogP contribution in [0.5, 0.6) is 0 Å². The Kier molecular flexibility index (Phi) is 6.64. The van der Waals surface area contributed by atoms with Gasteiger partial charge in [0.25, 0.3) is 0 Å². The summed E-state index contributed by atoms with van der Waals surface area (Å²) in [6.45, 7) is 11.4. The molecule has 0 spiro atoms. The van der Waals surface area contributed by atoms with E-state index in [2.05, 4.69) is 23.9 Å². The Morgan fingerprint density at radius 2 is 1.95 bits per heavy atom. The van der Waals surface area contributed by atoms with Crippen LogP contribution in [0.3, 0.4) is 0 Å². The second kappa shape index (κ2) is 7.54. The van der Waals surface area contributed by atoms with Crippen LogP contribution in [0.25, 0.3) is 0 Å². The maximum absolute atomic E-state index is 12.6. The fourth-order valence-corrected chi connectivity index (χ4v) is 5.11. The molecule has 0 aliphatic carbocycles. The highest BCUT2D eigenvalue weighted by atomic mass is 32.2. The van der Waals surface area contributed by atoms with Gasteiger partial charge in [-0.3, -0.25) is 0 Å². The van der Waals surface area contributed by atoms with Gasteiger partial charge in [-0.1, -0.05) is 27.2 Å². The normalized spacial score (nSPS) is 15.2. The van der Waals surface area contributed by atoms with E-state index in [0.29, 0.717) is 17.4 Å². The molecule has 0 aromatic carbocycles. The van der Waals surface area contributed by atoms with E-state index in [1.165, 1.54) is 11.3 Å². The first-order valence-electron chi connectivity index (χ1n) is 7.13. The Balaban J connectivity index is 3.00. The van der Waals surface area contributed by atoms with Gasteiger partial charge in [0.2, 0.25) is 10.0 Å². The molecule has 2 atom stereocenters. The van der Waals surface area contributed by atoms with Gasteiger partial charge in [0, 0.05) is 17.5 Å². The molecule has 0 amide bonds. The molecule has 1 aromatic heterocycles. The molecule has 0 fully saturated rings. The van der Waals surface area contributed by atoms with Gasteiger partial charge in [0.15, 0.2) is 0 Å². The van der Waals surface area contributed by atoms with E-state index in [0.717, 1.165) is 23.4 Å². The van der Waals surface area contributed by atoms with Gasteiger partial charge in [0.1, 0.15) is 4.90 Å². The molecule has 20 heavy (non-hydrogen) atoms. The van der Waals surface area contributed by atoms with Crippen LogP contribution in [0, 0.1) is 12.8 Å². The molecule has 1 rings (SSSR count). The van der Waals surface area contributed by atoms with E-state index in [4.69, 9.17) is 0 Å². The van der Waals surface area contributed by atoms with Crippen molar-refractivity contribution in [1.82, 2.24) is 10.0 Å². The summed E-state index contributed by atoms with van der Waals surface area (Å²) < 4.78 is 28.0. The second-order valence-corrected chi connectivity index (χ2v) is 7.86. The summed E-state index contributed by atoms with van der Waals surface area (Å²) >= 11 is 1.50. The fraction of sp³-hybridized carbons (Fsp3) is 0.714. The lowest BCUT2D eigenvalue weighted by Crippen LogP contribution is -2.37. The standard InChI is InChI=1S/C14H26N2O2S2/c1-6-10(3)12(5)16-20(17,18)14-11(4)9-19-13(14)8-15-7-2/h9-10,12,15-16H,6-8H2,1-5H3. The van der Waals surface area contributed by atoms with Crippen LogP contribution in [0.4, 0.5) is 0 Å². The average molecular weight is 319 g/mol. The smallest absolute Gasteiger partial charge is 0.242 e. The van der Waals surface area contributed by atoms with Crippen LogP contribution in [0.15, 0.2) is 10.3 Å². The van der Waals surface area contributed by atoms with Crippen molar-refractivity contribution in [3.63, 3.8) is 0 Å². The summed E-state index contributed by atoms with van der Waals surface area (Å²) in [6, 6.07) is -0.0590. The Bertz CT molecular complexity index is 523. The van der Waals surface area contributed by atoms with Crippen molar-refractivity contribution in [3.05, 3.63) is 15.8 Å². The first kappa shape index (κ1) is 17.6. The summed E-state index contributed by atoms with van der Waals surface area (Å²) in [5.74, 6) is 0.320. The Hall–Kier alpha value is -0.430. The quantitative estimate of drug-likeness (QED) is 0.775. The molecule has 1 heterocycles. The molecule has 0 saturated carbocycles. The molecule has 0 aliphatic heterocycles. The summed E-state index contributed by atoms with van der Waals surface area (Å²) in [4.78, 5) is 1.34. The summed E-state index contributed by atoms with van der Waals surface area (Å²) in [5.41, 5.74) is 0.826. The van der Waals surface area contributed by atoms with Gasteiger partial charge in [-0.05, 0) is 37.3 Å². The average Bonchev–Trinajstić information content (AvgIpc) is 2.76. The van der Waals surface area contributed by atoms with Gasteiger partial charge in [-0.2, -0.15) is 0 Å². The van der Waals surface area contributed by atoms with Crippen molar-refractivity contribution in [3.8, 4) is 0 Å².